The average molecular weight is 499 g/mol. The van der Waals surface area contributed by atoms with E-state index in [1.54, 1.807) is 34.2 Å². The van der Waals surface area contributed by atoms with Gasteiger partial charge >= 0.3 is 18.0 Å². The zero-order chi connectivity index (χ0) is 26.3. The van der Waals surface area contributed by atoms with Gasteiger partial charge in [0.1, 0.15) is 17.0 Å². The molecule has 1 aromatic carbocycles. The van der Waals surface area contributed by atoms with Gasteiger partial charge < -0.3 is 28.7 Å². The maximum Gasteiger partial charge on any atom is 0.410 e. The molecule has 0 aromatic heterocycles. The van der Waals surface area contributed by atoms with E-state index in [1.807, 2.05) is 39.0 Å². The van der Waals surface area contributed by atoms with Crippen molar-refractivity contribution in [2.24, 2.45) is 5.92 Å². The zero-order valence-corrected chi connectivity index (χ0v) is 21.5. The molecule has 2 heterocycles. The number of amides is 1. The SMILES string of the molecule is COC(=O)C1=C(C(=O)OC)N(c2ccccc2OCC2CCN(C(=O)OC(C)(C)C)CC2)C=CC=C1. The van der Waals surface area contributed by atoms with Gasteiger partial charge in [-0.3, -0.25) is 0 Å². The summed E-state index contributed by atoms with van der Waals surface area (Å²) in [6.45, 7) is 7.20. The average Bonchev–Trinajstić information content (AvgIpc) is 3.09. The van der Waals surface area contributed by atoms with E-state index < -0.39 is 17.5 Å². The molecule has 9 nitrogen and oxygen atoms in total. The number of allylic oxidation sites excluding steroid dienone is 2. The Hall–Kier alpha value is -3.75. The molecule has 9 heteroatoms. The summed E-state index contributed by atoms with van der Waals surface area (Å²) in [5, 5.41) is 0. The number of benzene rings is 1. The predicted molar refractivity (Wildman–Crippen MR) is 134 cm³/mol. The minimum atomic E-state index is -0.684. The van der Waals surface area contributed by atoms with Gasteiger partial charge in [0.2, 0.25) is 0 Å². The van der Waals surface area contributed by atoms with E-state index in [0.717, 1.165) is 12.8 Å². The summed E-state index contributed by atoms with van der Waals surface area (Å²) in [4.78, 5) is 40.8. The van der Waals surface area contributed by atoms with Gasteiger partial charge in [-0.2, -0.15) is 0 Å². The maximum atomic E-state index is 12.7. The van der Waals surface area contributed by atoms with Gasteiger partial charge in [-0.15, -0.1) is 0 Å². The molecule has 1 saturated heterocycles. The van der Waals surface area contributed by atoms with E-state index in [-0.39, 0.29) is 23.3 Å². The molecule has 0 unspecified atom stereocenters. The number of rotatable bonds is 6. The van der Waals surface area contributed by atoms with Crippen LogP contribution in [0.2, 0.25) is 0 Å². The lowest BCUT2D eigenvalue weighted by atomic mass is 9.98. The lowest BCUT2D eigenvalue weighted by molar-refractivity contribution is -0.139. The molecule has 36 heavy (non-hydrogen) atoms. The summed E-state index contributed by atoms with van der Waals surface area (Å²) < 4.78 is 21.5. The van der Waals surface area contributed by atoms with Crippen LogP contribution in [0.15, 0.2) is 60.0 Å². The number of anilines is 1. The first kappa shape index (κ1) is 26.8. The van der Waals surface area contributed by atoms with E-state index in [2.05, 4.69) is 0 Å². The van der Waals surface area contributed by atoms with E-state index in [0.29, 0.717) is 31.1 Å². The van der Waals surface area contributed by atoms with Gasteiger partial charge in [-0.05, 0) is 63.8 Å². The number of hydrogen-bond donors (Lipinski definition) is 0. The predicted octanol–water partition coefficient (Wildman–Crippen LogP) is 4.20. The standard InChI is InChI=1S/C27H34N2O7/c1-27(2,3)36-26(32)28-16-13-19(14-17-28)18-35-22-12-7-6-11-21(22)29-15-9-8-10-20(24(30)33-4)23(29)25(31)34-5/h6-12,15,19H,13-14,16-18H2,1-5H3. The molecule has 0 spiro atoms. The molecule has 2 aliphatic rings. The van der Waals surface area contributed by atoms with E-state index >= 15 is 0 Å². The van der Waals surface area contributed by atoms with Crippen molar-refractivity contribution in [2.45, 2.75) is 39.2 Å². The van der Waals surface area contributed by atoms with Crippen LogP contribution in [0, 0.1) is 5.92 Å². The molecule has 0 N–H and O–H groups in total. The minimum Gasteiger partial charge on any atom is -0.491 e. The zero-order valence-electron chi connectivity index (χ0n) is 21.5. The Balaban J connectivity index is 1.75. The molecule has 1 aromatic rings. The minimum absolute atomic E-state index is 0.0241. The summed E-state index contributed by atoms with van der Waals surface area (Å²) in [6, 6.07) is 7.27. The fraction of sp³-hybridized carbons (Fsp3) is 0.444. The van der Waals surface area contributed by atoms with E-state index in [9.17, 15) is 14.4 Å². The number of hydrogen-bond acceptors (Lipinski definition) is 8. The number of carbonyl (C=O) groups is 3. The number of nitrogens with zero attached hydrogens (tertiary/aromatic N) is 2. The second-order valence-electron chi connectivity index (χ2n) is 9.51. The van der Waals surface area contributed by atoms with E-state index in [4.69, 9.17) is 18.9 Å². The van der Waals surface area contributed by atoms with Crippen LogP contribution in [0.5, 0.6) is 5.75 Å². The van der Waals surface area contributed by atoms with Crippen molar-refractivity contribution < 1.29 is 33.3 Å². The molecule has 1 fully saturated rings. The van der Waals surface area contributed by atoms with E-state index in [1.165, 1.54) is 20.3 Å². The number of likely N-dealkylation sites (tertiary alicyclic amines) is 1. The van der Waals surface area contributed by atoms with Crippen LogP contribution in [0.1, 0.15) is 33.6 Å². The van der Waals surface area contributed by atoms with Crippen molar-refractivity contribution in [3.63, 3.8) is 0 Å². The Kier molecular flexibility index (Phi) is 8.79. The topological polar surface area (TPSA) is 94.6 Å². The quantitative estimate of drug-likeness (QED) is 0.425. The molecule has 1 amide bonds. The highest BCUT2D eigenvalue weighted by atomic mass is 16.6. The second-order valence-corrected chi connectivity index (χ2v) is 9.51. The van der Waals surface area contributed by atoms with Gasteiger partial charge in [0, 0.05) is 19.3 Å². The molecule has 0 aliphatic carbocycles. The number of methoxy groups -OCH3 is 2. The monoisotopic (exact) mass is 498 g/mol. The number of esters is 2. The van der Waals surface area contributed by atoms with Crippen LogP contribution in [0.4, 0.5) is 10.5 Å². The third kappa shape index (κ3) is 6.68. The largest absolute Gasteiger partial charge is 0.491 e. The van der Waals surface area contributed by atoms with Crippen LogP contribution in [-0.4, -0.2) is 62.4 Å². The van der Waals surface area contributed by atoms with Crippen molar-refractivity contribution in [2.75, 3.05) is 38.8 Å². The fourth-order valence-electron chi connectivity index (χ4n) is 3.95. The second kappa shape index (κ2) is 11.8. The van der Waals surface area contributed by atoms with Crippen LogP contribution in [0.3, 0.4) is 0 Å². The molecule has 0 radical (unpaired) electrons. The van der Waals surface area contributed by atoms with Crippen molar-refractivity contribution in [3.05, 3.63) is 60.0 Å². The molecule has 3 rings (SSSR count). The Labute approximate surface area is 211 Å². The lowest BCUT2D eigenvalue weighted by Crippen LogP contribution is -2.42. The first-order chi connectivity index (χ1) is 17.1. The number of carbonyl (C=O) groups excluding carboxylic acids is 3. The highest BCUT2D eigenvalue weighted by Gasteiger charge is 2.30. The molecule has 2 aliphatic heterocycles. The third-order valence-corrected chi connectivity index (χ3v) is 5.75. The van der Waals surface area contributed by atoms with Crippen molar-refractivity contribution in [1.29, 1.82) is 0 Å². The van der Waals surface area contributed by atoms with Crippen molar-refractivity contribution in [3.8, 4) is 5.75 Å². The highest BCUT2D eigenvalue weighted by molar-refractivity contribution is 6.05. The van der Waals surface area contributed by atoms with Crippen LogP contribution < -0.4 is 9.64 Å². The molecular weight excluding hydrogens is 464 g/mol. The molecule has 194 valence electrons. The fourth-order valence-corrected chi connectivity index (χ4v) is 3.95. The van der Waals surface area contributed by atoms with Crippen LogP contribution >= 0.6 is 0 Å². The van der Waals surface area contributed by atoms with Crippen molar-refractivity contribution in [1.82, 2.24) is 4.90 Å². The van der Waals surface area contributed by atoms with Crippen molar-refractivity contribution >= 4 is 23.7 Å². The number of piperidine rings is 1. The Morgan fingerprint density at radius 3 is 2.28 bits per heavy atom. The van der Waals surface area contributed by atoms with Gasteiger partial charge in [0.05, 0.1) is 32.1 Å². The highest BCUT2D eigenvalue weighted by Crippen LogP contribution is 2.34. The van der Waals surface area contributed by atoms with Gasteiger partial charge in [-0.25, -0.2) is 14.4 Å². The van der Waals surface area contributed by atoms with Crippen LogP contribution in [0.25, 0.3) is 0 Å². The van der Waals surface area contributed by atoms with Gasteiger partial charge in [0.15, 0.2) is 0 Å². The molecule has 0 saturated carbocycles. The van der Waals surface area contributed by atoms with Gasteiger partial charge in [0.25, 0.3) is 0 Å². The smallest absolute Gasteiger partial charge is 0.410 e. The third-order valence-electron chi connectivity index (χ3n) is 5.75. The molecular formula is C27H34N2O7. The summed E-state index contributed by atoms with van der Waals surface area (Å²) in [5.41, 5.74) is 0.142. The summed E-state index contributed by atoms with van der Waals surface area (Å²) in [6.07, 6.45) is 7.82. The summed E-state index contributed by atoms with van der Waals surface area (Å²) in [7, 11) is 2.51. The maximum absolute atomic E-state index is 12.7. The first-order valence-electron chi connectivity index (χ1n) is 11.9. The lowest BCUT2D eigenvalue weighted by Gasteiger charge is -2.33. The number of ether oxygens (including phenoxy) is 4. The Morgan fingerprint density at radius 2 is 1.64 bits per heavy atom. The molecule has 0 atom stereocenters. The Morgan fingerprint density at radius 1 is 0.972 bits per heavy atom. The van der Waals surface area contributed by atoms with Gasteiger partial charge in [-0.1, -0.05) is 18.2 Å². The Bertz CT molecular complexity index is 1060. The summed E-state index contributed by atoms with van der Waals surface area (Å²) in [5.74, 6) is -0.546. The first-order valence-corrected chi connectivity index (χ1v) is 11.9. The normalized spacial score (nSPS) is 16.5. The summed E-state index contributed by atoms with van der Waals surface area (Å²) >= 11 is 0. The van der Waals surface area contributed by atoms with Crippen LogP contribution in [-0.2, 0) is 23.8 Å². The number of para-hydroxylation sites is 2. The molecule has 0 bridgehead atoms.